The number of aliphatic carboxylic acids is 1. The lowest BCUT2D eigenvalue weighted by Gasteiger charge is -2.08. The maximum Gasteiger partial charge on any atom is 0.377 e. The van der Waals surface area contributed by atoms with Crippen molar-refractivity contribution in [1.29, 1.82) is 0 Å². The number of hydrogen-bond acceptors (Lipinski definition) is 5. The maximum absolute atomic E-state index is 11.3. The highest BCUT2D eigenvalue weighted by atomic mass is 32.2. The number of ketones is 1. The third kappa shape index (κ3) is 4.15. The van der Waals surface area contributed by atoms with E-state index in [0.29, 0.717) is 0 Å². The summed E-state index contributed by atoms with van der Waals surface area (Å²) in [6, 6.07) is 5.81. The molecule has 1 rings (SSSR count). The molecule has 1 aromatic rings. The lowest BCUT2D eigenvalue weighted by Crippen LogP contribution is -2.18. The lowest BCUT2D eigenvalue weighted by molar-refractivity contribution is -0.131. The number of para-hydroxylation sites is 1. The van der Waals surface area contributed by atoms with E-state index in [1.165, 1.54) is 18.2 Å². The second kappa shape index (κ2) is 5.61. The molecule has 0 aliphatic rings. The Balaban J connectivity index is 2.83. The van der Waals surface area contributed by atoms with Crippen molar-refractivity contribution in [2.24, 2.45) is 0 Å². The number of benzene rings is 1. The number of Topliss-reactive ketones (excluding diaryl/α,β-unsaturated/α-hetero) is 1. The van der Waals surface area contributed by atoms with Crippen molar-refractivity contribution in [2.45, 2.75) is 0 Å². The largest absolute Gasteiger partial charge is 0.475 e. The van der Waals surface area contributed by atoms with Crippen molar-refractivity contribution in [1.82, 2.24) is 0 Å². The van der Waals surface area contributed by atoms with Gasteiger partial charge < -0.3 is 10.4 Å². The van der Waals surface area contributed by atoms with E-state index in [-0.39, 0.29) is 17.8 Å². The molecule has 0 fully saturated rings. The second-order valence-corrected chi connectivity index (χ2v) is 4.96. The molecule has 0 heterocycles. The first-order chi connectivity index (χ1) is 8.31. The van der Waals surface area contributed by atoms with E-state index in [4.69, 9.17) is 9.66 Å². The summed E-state index contributed by atoms with van der Waals surface area (Å²) in [6.45, 7) is -0.136. The van der Waals surface area contributed by atoms with Crippen LogP contribution in [-0.4, -0.2) is 42.1 Å². The molecule has 0 aromatic heterocycles. The van der Waals surface area contributed by atoms with Gasteiger partial charge in [-0.3, -0.25) is 9.35 Å². The zero-order valence-electron chi connectivity index (χ0n) is 9.16. The number of nitrogens with one attached hydrogen (secondary N) is 1. The molecule has 3 N–H and O–H groups in total. The van der Waals surface area contributed by atoms with Gasteiger partial charge in [0, 0.05) is 12.2 Å². The van der Waals surface area contributed by atoms with Crippen molar-refractivity contribution < 1.29 is 27.7 Å². The van der Waals surface area contributed by atoms with Crippen molar-refractivity contribution in [2.75, 3.05) is 17.6 Å². The van der Waals surface area contributed by atoms with E-state index in [1.807, 2.05) is 0 Å². The van der Waals surface area contributed by atoms with Crippen LogP contribution in [0.5, 0.6) is 0 Å². The molecule has 0 amide bonds. The Hall–Kier alpha value is -1.93. The Morgan fingerprint density at radius 1 is 1.22 bits per heavy atom. The van der Waals surface area contributed by atoms with Crippen LogP contribution in [0.4, 0.5) is 5.69 Å². The first-order valence-corrected chi connectivity index (χ1v) is 6.48. The molecule has 0 bridgehead atoms. The summed E-state index contributed by atoms with van der Waals surface area (Å²) in [4.78, 5) is 21.9. The fraction of sp³-hybridized carbons (Fsp3) is 0.200. The molecule has 7 nitrogen and oxygen atoms in total. The van der Waals surface area contributed by atoms with Gasteiger partial charge in [0.2, 0.25) is 0 Å². The predicted molar refractivity (Wildman–Crippen MR) is 63.3 cm³/mol. The predicted octanol–water partition coefficient (Wildman–Crippen LogP) is 0.254. The molecule has 0 spiro atoms. The Morgan fingerprint density at radius 3 is 2.39 bits per heavy atom. The molecule has 0 aliphatic heterocycles. The van der Waals surface area contributed by atoms with Gasteiger partial charge in [0.15, 0.2) is 0 Å². The van der Waals surface area contributed by atoms with Crippen LogP contribution in [0.25, 0.3) is 0 Å². The minimum absolute atomic E-state index is 0.0691. The third-order valence-electron chi connectivity index (χ3n) is 2.04. The van der Waals surface area contributed by atoms with Gasteiger partial charge in [0.25, 0.3) is 15.9 Å². The third-order valence-corrected chi connectivity index (χ3v) is 2.76. The Labute approximate surface area is 103 Å². The Morgan fingerprint density at radius 2 is 1.83 bits per heavy atom. The molecule has 0 unspecified atom stereocenters. The molecule has 0 saturated heterocycles. The zero-order chi connectivity index (χ0) is 13.8. The van der Waals surface area contributed by atoms with Gasteiger partial charge in [-0.2, -0.15) is 8.42 Å². The minimum Gasteiger partial charge on any atom is -0.475 e. The summed E-state index contributed by atoms with van der Waals surface area (Å²) in [6.07, 6.45) is 0. The summed E-state index contributed by atoms with van der Waals surface area (Å²) >= 11 is 0. The highest BCUT2D eigenvalue weighted by Gasteiger charge is 2.18. The minimum atomic E-state index is -4.11. The van der Waals surface area contributed by atoms with Crippen molar-refractivity contribution in [3.8, 4) is 0 Å². The van der Waals surface area contributed by atoms with Gasteiger partial charge in [-0.1, -0.05) is 12.1 Å². The van der Waals surface area contributed by atoms with Gasteiger partial charge in [0.05, 0.1) is 11.3 Å². The first kappa shape index (κ1) is 14.1. The summed E-state index contributed by atoms with van der Waals surface area (Å²) in [5.41, 5.74) is 0.133. The molecule has 0 radical (unpaired) electrons. The van der Waals surface area contributed by atoms with Gasteiger partial charge in [-0.25, -0.2) is 4.79 Å². The highest BCUT2D eigenvalue weighted by Crippen LogP contribution is 2.15. The van der Waals surface area contributed by atoms with E-state index in [9.17, 15) is 18.0 Å². The summed E-state index contributed by atoms with van der Waals surface area (Å²) < 4.78 is 29.5. The molecule has 0 aliphatic carbocycles. The number of carboxylic acid groups (broad SMARTS) is 1. The van der Waals surface area contributed by atoms with Gasteiger partial charge in [0.1, 0.15) is 0 Å². The van der Waals surface area contributed by atoms with Crippen LogP contribution >= 0.6 is 0 Å². The zero-order valence-corrected chi connectivity index (χ0v) is 9.98. The normalized spacial score (nSPS) is 10.9. The number of anilines is 1. The second-order valence-electron chi connectivity index (χ2n) is 3.39. The van der Waals surface area contributed by atoms with E-state index in [1.54, 1.807) is 6.07 Å². The number of carbonyl (C=O) groups is 2. The number of rotatable bonds is 6. The van der Waals surface area contributed by atoms with Crippen LogP contribution in [0.3, 0.4) is 0 Å². The summed E-state index contributed by atoms with van der Waals surface area (Å²) in [5, 5.41) is 11.2. The SMILES string of the molecule is O=C(O)C(=O)c1ccccc1NCCS(=O)(=O)O. The molecule has 0 saturated carbocycles. The fourth-order valence-electron chi connectivity index (χ4n) is 1.27. The van der Waals surface area contributed by atoms with Crippen LogP contribution in [0, 0.1) is 0 Å². The quantitative estimate of drug-likeness (QED) is 0.386. The maximum atomic E-state index is 11.3. The number of carboxylic acids is 1. The molecule has 18 heavy (non-hydrogen) atoms. The number of hydrogen-bond donors (Lipinski definition) is 3. The number of carbonyl (C=O) groups excluding carboxylic acids is 1. The smallest absolute Gasteiger partial charge is 0.377 e. The van der Waals surface area contributed by atoms with Crippen molar-refractivity contribution in [3.63, 3.8) is 0 Å². The van der Waals surface area contributed by atoms with Crippen LogP contribution in [0.15, 0.2) is 24.3 Å². The standard InChI is InChI=1S/C10H11NO6S/c12-9(10(13)14)7-3-1-2-4-8(7)11-5-6-18(15,16)17/h1-4,11H,5-6H2,(H,13,14)(H,15,16,17). The van der Waals surface area contributed by atoms with E-state index < -0.39 is 27.6 Å². The van der Waals surface area contributed by atoms with E-state index in [2.05, 4.69) is 5.32 Å². The Kier molecular flexibility index (Phi) is 4.40. The van der Waals surface area contributed by atoms with Crippen molar-refractivity contribution >= 4 is 27.6 Å². The average Bonchev–Trinajstić information content (AvgIpc) is 2.27. The van der Waals surface area contributed by atoms with Crippen LogP contribution < -0.4 is 5.32 Å². The molecule has 98 valence electrons. The van der Waals surface area contributed by atoms with Gasteiger partial charge >= 0.3 is 5.97 Å². The molecular weight excluding hydrogens is 262 g/mol. The van der Waals surface area contributed by atoms with Gasteiger partial charge in [-0.05, 0) is 12.1 Å². The highest BCUT2D eigenvalue weighted by molar-refractivity contribution is 7.85. The molecule has 8 heteroatoms. The van der Waals surface area contributed by atoms with E-state index in [0.717, 1.165) is 0 Å². The van der Waals surface area contributed by atoms with Crippen LogP contribution in [0.1, 0.15) is 10.4 Å². The van der Waals surface area contributed by atoms with E-state index >= 15 is 0 Å². The molecule has 1 aromatic carbocycles. The summed E-state index contributed by atoms with van der Waals surface area (Å²) in [5.74, 6) is -3.23. The van der Waals surface area contributed by atoms with Crippen LogP contribution in [0.2, 0.25) is 0 Å². The van der Waals surface area contributed by atoms with Crippen LogP contribution in [-0.2, 0) is 14.9 Å². The Bertz CT molecular complexity index is 565. The topological polar surface area (TPSA) is 121 Å². The monoisotopic (exact) mass is 273 g/mol. The summed E-state index contributed by atoms with van der Waals surface area (Å²) in [7, 11) is -4.11. The first-order valence-electron chi connectivity index (χ1n) is 4.87. The lowest BCUT2D eigenvalue weighted by atomic mass is 10.1. The van der Waals surface area contributed by atoms with Gasteiger partial charge in [-0.15, -0.1) is 0 Å². The average molecular weight is 273 g/mol. The fourth-order valence-corrected chi connectivity index (χ4v) is 1.63. The molecular formula is C10H11NO6S. The van der Waals surface area contributed by atoms with Crippen molar-refractivity contribution in [3.05, 3.63) is 29.8 Å². The molecule has 0 atom stereocenters.